The zero-order valence-electron chi connectivity index (χ0n) is 23.6. The lowest BCUT2D eigenvalue weighted by Gasteiger charge is -2.30. The number of nitrogens with zero attached hydrogens (tertiary/aromatic N) is 2. The van der Waals surface area contributed by atoms with E-state index in [1.165, 1.54) is 24.3 Å². The maximum atomic E-state index is 13.9. The van der Waals surface area contributed by atoms with E-state index in [0.717, 1.165) is 40.9 Å². The Hall–Kier alpha value is -3.59. The Morgan fingerprint density at radius 2 is 1.83 bits per heavy atom. The first-order valence-corrected chi connectivity index (χ1v) is 15.8. The number of hydrogen-bond donors (Lipinski definition) is 1. The number of rotatable bonds is 9. The van der Waals surface area contributed by atoms with Gasteiger partial charge in [-0.3, -0.25) is 9.78 Å². The number of benzene rings is 3. The van der Waals surface area contributed by atoms with Crippen molar-refractivity contribution in [3.05, 3.63) is 124 Å². The fourth-order valence-corrected chi connectivity index (χ4v) is 6.97. The monoisotopic (exact) mass is 605 g/mol. The number of halogens is 2. The van der Waals surface area contributed by atoms with E-state index in [0.29, 0.717) is 17.1 Å². The lowest BCUT2D eigenvalue weighted by molar-refractivity contribution is -0.119. The quantitative estimate of drug-likeness (QED) is 0.218. The molecule has 1 heterocycles. The summed E-state index contributed by atoms with van der Waals surface area (Å²) < 4.78 is 42.9. The number of aryl methyl sites for hydroxylation is 2. The van der Waals surface area contributed by atoms with E-state index in [9.17, 15) is 17.6 Å². The van der Waals surface area contributed by atoms with E-state index >= 15 is 0 Å². The van der Waals surface area contributed by atoms with Crippen LogP contribution in [0, 0.1) is 12.7 Å². The summed E-state index contributed by atoms with van der Waals surface area (Å²) in [4.78, 5) is 20.3. The van der Waals surface area contributed by atoms with E-state index in [4.69, 9.17) is 11.6 Å². The lowest BCUT2D eigenvalue weighted by Crippen LogP contribution is -2.33. The largest absolute Gasteiger partial charge is 0.306 e. The molecule has 5 rings (SSSR count). The number of nitrogens with one attached hydrogen (secondary N) is 1. The van der Waals surface area contributed by atoms with Crippen molar-refractivity contribution in [2.24, 2.45) is 0 Å². The number of anilines is 1. The van der Waals surface area contributed by atoms with Gasteiger partial charge in [0.2, 0.25) is 15.9 Å². The molecule has 0 radical (unpaired) electrons. The van der Waals surface area contributed by atoms with Crippen molar-refractivity contribution >= 4 is 33.2 Å². The first kappa shape index (κ1) is 29.9. The van der Waals surface area contributed by atoms with Gasteiger partial charge >= 0.3 is 0 Å². The van der Waals surface area contributed by atoms with Gasteiger partial charge in [0, 0.05) is 28.9 Å². The molecule has 0 aliphatic heterocycles. The van der Waals surface area contributed by atoms with Crippen LogP contribution in [-0.2, 0) is 27.8 Å². The normalized spacial score (nSPS) is 15.6. The highest BCUT2D eigenvalue weighted by Crippen LogP contribution is 2.35. The van der Waals surface area contributed by atoms with Crippen molar-refractivity contribution in [2.75, 3.05) is 4.90 Å². The van der Waals surface area contributed by atoms with Crippen LogP contribution in [0.2, 0.25) is 5.02 Å². The third-order valence-electron chi connectivity index (χ3n) is 7.65. The summed E-state index contributed by atoms with van der Waals surface area (Å²) >= 11 is 6.07. The molecule has 1 aliphatic carbocycles. The van der Waals surface area contributed by atoms with Gasteiger partial charge in [-0.2, -0.15) is 0 Å². The van der Waals surface area contributed by atoms with Crippen molar-refractivity contribution in [3.63, 3.8) is 0 Å². The SMILES string of the molecule is Cc1cccc(CN(C(=O)C[C@H](C)c2ccc(F)cc2)c2ccc3c(c2)[C@H](NS(=O)(=O)c2cccc(Cl)c2)CCC3)n1. The number of amides is 1. The first-order valence-electron chi connectivity index (χ1n) is 14.0. The second-order valence-electron chi connectivity index (χ2n) is 10.8. The van der Waals surface area contributed by atoms with E-state index in [2.05, 4.69) is 9.71 Å². The Labute approximate surface area is 251 Å². The maximum Gasteiger partial charge on any atom is 0.241 e. The molecule has 4 aromatic rings. The van der Waals surface area contributed by atoms with Crippen LogP contribution in [0.1, 0.15) is 66.2 Å². The van der Waals surface area contributed by atoms with Gasteiger partial charge in [0.1, 0.15) is 5.82 Å². The lowest BCUT2D eigenvalue weighted by atomic mass is 9.87. The number of carbonyl (C=O) groups excluding carboxylic acids is 1. The molecule has 42 heavy (non-hydrogen) atoms. The van der Waals surface area contributed by atoms with Gasteiger partial charge in [0.15, 0.2) is 0 Å². The minimum atomic E-state index is -3.83. The molecule has 0 spiro atoms. The van der Waals surface area contributed by atoms with Crippen LogP contribution in [0.25, 0.3) is 0 Å². The minimum Gasteiger partial charge on any atom is -0.306 e. The molecular weight excluding hydrogens is 573 g/mol. The van der Waals surface area contributed by atoms with Crippen molar-refractivity contribution in [2.45, 2.75) is 62.9 Å². The minimum absolute atomic E-state index is 0.107. The highest BCUT2D eigenvalue weighted by Gasteiger charge is 2.28. The van der Waals surface area contributed by atoms with Crippen molar-refractivity contribution in [1.29, 1.82) is 0 Å². The standard InChI is InChI=1S/C33H33ClFN3O3S/c1-22(24-12-15-27(35)16-13-24)18-33(39)38(21-28-9-3-6-23(2)36-28)29-17-14-25-7-4-11-32(31(25)20-29)37-42(40,41)30-10-5-8-26(34)19-30/h3,5-6,8-10,12-17,19-20,22,32,37H,4,7,11,18,21H2,1-2H3/t22-,32+/m0/s1. The first-order chi connectivity index (χ1) is 20.1. The zero-order chi connectivity index (χ0) is 29.9. The molecule has 6 nitrogen and oxygen atoms in total. The molecule has 0 saturated heterocycles. The number of aromatic nitrogens is 1. The summed E-state index contributed by atoms with van der Waals surface area (Å²) in [5.74, 6) is -0.568. The van der Waals surface area contributed by atoms with Gasteiger partial charge < -0.3 is 4.90 Å². The van der Waals surface area contributed by atoms with Crippen molar-refractivity contribution in [3.8, 4) is 0 Å². The number of carbonyl (C=O) groups is 1. The van der Waals surface area contributed by atoms with E-state index < -0.39 is 16.1 Å². The Balaban J connectivity index is 1.47. The van der Waals surface area contributed by atoms with Crippen molar-refractivity contribution < 1.29 is 17.6 Å². The molecule has 9 heteroatoms. The molecule has 2 atom stereocenters. The van der Waals surface area contributed by atoms with E-state index in [1.807, 2.05) is 50.2 Å². The third-order valence-corrected chi connectivity index (χ3v) is 9.35. The molecule has 0 saturated carbocycles. The summed E-state index contributed by atoms with van der Waals surface area (Å²) in [6.07, 6.45) is 2.49. The van der Waals surface area contributed by atoms with Gasteiger partial charge in [-0.05, 0) is 103 Å². The molecule has 3 aromatic carbocycles. The summed E-state index contributed by atoms with van der Waals surface area (Å²) in [7, 11) is -3.83. The molecule has 1 aliphatic rings. The van der Waals surface area contributed by atoms with E-state index in [1.54, 1.807) is 29.2 Å². The molecular formula is C33H33ClFN3O3S. The van der Waals surface area contributed by atoms with Crippen LogP contribution in [0.3, 0.4) is 0 Å². The van der Waals surface area contributed by atoms with Gasteiger partial charge in [0.25, 0.3) is 0 Å². The molecule has 0 bridgehead atoms. The molecule has 1 amide bonds. The highest BCUT2D eigenvalue weighted by atomic mass is 35.5. The van der Waals surface area contributed by atoms with Gasteiger partial charge in [-0.1, -0.05) is 48.9 Å². The number of hydrogen-bond acceptors (Lipinski definition) is 4. The van der Waals surface area contributed by atoms with Crippen LogP contribution in [-0.4, -0.2) is 19.3 Å². The van der Waals surface area contributed by atoms with Crippen molar-refractivity contribution in [1.82, 2.24) is 9.71 Å². The van der Waals surface area contributed by atoms with Crippen LogP contribution in [0.15, 0.2) is 89.8 Å². The smallest absolute Gasteiger partial charge is 0.241 e. The van der Waals surface area contributed by atoms with Gasteiger partial charge in [0.05, 0.1) is 17.1 Å². The summed E-state index contributed by atoms with van der Waals surface area (Å²) in [6, 6.07) is 23.5. The highest BCUT2D eigenvalue weighted by molar-refractivity contribution is 7.89. The molecule has 1 aromatic heterocycles. The second-order valence-corrected chi connectivity index (χ2v) is 13.0. The van der Waals surface area contributed by atoms with Gasteiger partial charge in [-0.15, -0.1) is 0 Å². The predicted molar refractivity (Wildman–Crippen MR) is 163 cm³/mol. The Kier molecular flexibility index (Phi) is 9.06. The average Bonchev–Trinajstić information content (AvgIpc) is 2.96. The topological polar surface area (TPSA) is 79.4 Å². The molecule has 218 valence electrons. The maximum absolute atomic E-state index is 13.9. The Bertz CT molecular complexity index is 1700. The molecule has 1 N–H and O–H groups in total. The predicted octanol–water partition coefficient (Wildman–Crippen LogP) is 7.27. The van der Waals surface area contributed by atoms with Gasteiger partial charge in [-0.25, -0.2) is 17.5 Å². The molecule has 0 unspecified atom stereocenters. The number of pyridine rings is 1. The van der Waals surface area contributed by atoms with Crippen LogP contribution in [0.4, 0.5) is 10.1 Å². The van der Waals surface area contributed by atoms with Crippen LogP contribution >= 0.6 is 11.6 Å². The second kappa shape index (κ2) is 12.7. The average molecular weight is 606 g/mol. The van der Waals surface area contributed by atoms with E-state index in [-0.39, 0.29) is 35.5 Å². The Morgan fingerprint density at radius 1 is 1.07 bits per heavy atom. The number of fused-ring (bicyclic) bond motifs is 1. The fourth-order valence-electron chi connectivity index (χ4n) is 5.42. The summed E-state index contributed by atoms with van der Waals surface area (Å²) in [5.41, 5.74) is 5.03. The molecule has 0 fully saturated rings. The zero-order valence-corrected chi connectivity index (χ0v) is 25.1. The Morgan fingerprint density at radius 3 is 2.57 bits per heavy atom. The van der Waals surface area contributed by atoms with Crippen LogP contribution < -0.4 is 9.62 Å². The third kappa shape index (κ3) is 7.06. The fraction of sp³-hybridized carbons (Fsp3) is 0.273. The summed E-state index contributed by atoms with van der Waals surface area (Å²) in [5, 5.41) is 0.345. The summed E-state index contributed by atoms with van der Waals surface area (Å²) in [6.45, 7) is 4.11. The number of sulfonamides is 1. The van der Waals surface area contributed by atoms with Crippen LogP contribution in [0.5, 0.6) is 0 Å².